The number of carbonyl (C=O) groups is 2. The molecule has 5 nitrogen and oxygen atoms in total. The average Bonchev–Trinajstić information content (AvgIpc) is 2.41. The van der Waals surface area contributed by atoms with Gasteiger partial charge >= 0.3 is 0 Å². The van der Waals surface area contributed by atoms with Crippen LogP contribution in [0.25, 0.3) is 0 Å². The summed E-state index contributed by atoms with van der Waals surface area (Å²) >= 11 is 5.79. The van der Waals surface area contributed by atoms with Crippen LogP contribution in [0.4, 0.5) is 0 Å². The van der Waals surface area contributed by atoms with Crippen molar-refractivity contribution in [1.82, 2.24) is 10.2 Å². The Morgan fingerprint density at radius 3 is 2.75 bits per heavy atom. The maximum atomic E-state index is 11.8. The van der Waals surface area contributed by atoms with E-state index in [4.69, 9.17) is 16.7 Å². The lowest BCUT2D eigenvalue weighted by atomic mass is 10.2. The Morgan fingerprint density at radius 1 is 1.45 bits per heavy atom. The Balaban J connectivity index is 2.42. The molecule has 0 aliphatic rings. The molecule has 0 saturated carbocycles. The molecule has 1 unspecified atom stereocenters. The third kappa shape index (κ3) is 5.59. The van der Waals surface area contributed by atoms with Gasteiger partial charge in [-0.2, -0.15) is 0 Å². The Hall–Kier alpha value is -1.59. The predicted molar refractivity (Wildman–Crippen MR) is 77.7 cm³/mol. The average molecular weight is 299 g/mol. The van der Waals surface area contributed by atoms with Gasteiger partial charge in [-0.05, 0) is 31.5 Å². The van der Waals surface area contributed by atoms with Crippen LogP contribution in [0.5, 0.6) is 0 Å². The van der Waals surface area contributed by atoms with Gasteiger partial charge in [-0.1, -0.05) is 17.7 Å². The summed E-state index contributed by atoms with van der Waals surface area (Å²) in [6.07, 6.45) is 0.0519. The van der Waals surface area contributed by atoms with Crippen molar-refractivity contribution >= 4 is 23.4 Å². The topological polar surface area (TPSA) is 69.6 Å². The molecule has 1 aromatic carbocycles. The van der Waals surface area contributed by atoms with Crippen molar-refractivity contribution in [2.24, 2.45) is 0 Å². The highest BCUT2D eigenvalue weighted by Gasteiger charge is 2.12. The van der Waals surface area contributed by atoms with Gasteiger partial charge in [0.1, 0.15) is 0 Å². The summed E-state index contributed by atoms with van der Waals surface area (Å²) in [6, 6.07) is 6.52. The smallest absolute Gasteiger partial charge is 0.251 e. The summed E-state index contributed by atoms with van der Waals surface area (Å²) in [5, 5.41) is 12.2. The Kier molecular flexibility index (Phi) is 6.48. The summed E-state index contributed by atoms with van der Waals surface area (Å²) in [4.78, 5) is 25.0. The van der Waals surface area contributed by atoms with Gasteiger partial charge in [0.15, 0.2) is 0 Å². The van der Waals surface area contributed by atoms with Crippen LogP contribution in [0.1, 0.15) is 23.7 Å². The molecule has 20 heavy (non-hydrogen) atoms. The highest BCUT2D eigenvalue weighted by atomic mass is 35.5. The van der Waals surface area contributed by atoms with E-state index in [1.54, 1.807) is 38.2 Å². The third-order valence-corrected chi connectivity index (χ3v) is 3.03. The van der Waals surface area contributed by atoms with Crippen molar-refractivity contribution in [2.75, 3.05) is 20.1 Å². The summed E-state index contributed by atoms with van der Waals surface area (Å²) in [5.74, 6) is -0.550. The summed E-state index contributed by atoms with van der Waals surface area (Å²) < 4.78 is 0. The predicted octanol–water partition coefficient (Wildman–Crippen LogP) is 1.30. The minimum atomic E-state index is -0.452. The van der Waals surface area contributed by atoms with E-state index in [9.17, 15) is 9.59 Å². The largest absolute Gasteiger partial charge is 0.393 e. The molecular formula is C14H19ClN2O3. The van der Waals surface area contributed by atoms with Gasteiger partial charge in [-0.3, -0.25) is 9.59 Å². The normalized spacial score (nSPS) is 11.8. The van der Waals surface area contributed by atoms with Crippen LogP contribution in [-0.4, -0.2) is 48.1 Å². The lowest BCUT2D eigenvalue weighted by molar-refractivity contribution is -0.129. The third-order valence-electron chi connectivity index (χ3n) is 2.80. The zero-order valence-corrected chi connectivity index (χ0v) is 12.4. The maximum absolute atomic E-state index is 11.8. The van der Waals surface area contributed by atoms with Crippen LogP contribution in [0.3, 0.4) is 0 Å². The molecule has 0 aromatic heterocycles. The first kappa shape index (κ1) is 16.5. The van der Waals surface area contributed by atoms with Crippen molar-refractivity contribution in [3.63, 3.8) is 0 Å². The van der Waals surface area contributed by atoms with Crippen molar-refractivity contribution in [3.8, 4) is 0 Å². The van der Waals surface area contributed by atoms with E-state index in [0.717, 1.165) is 0 Å². The molecule has 0 saturated heterocycles. The molecule has 0 aliphatic carbocycles. The van der Waals surface area contributed by atoms with Crippen LogP contribution in [-0.2, 0) is 4.79 Å². The van der Waals surface area contributed by atoms with Gasteiger partial charge in [0.2, 0.25) is 5.91 Å². The van der Waals surface area contributed by atoms with Crippen molar-refractivity contribution in [1.29, 1.82) is 0 Å². The van der Waals surface area contributed by atoms with Crippen LogP contribution in [0.2, 0.25) is 5.02 Å². The van der Waals surface area contributed by atoms with E-state index in [0.29, 0.717) is 23.6 Å². The molecule has 6 heteroatoms. The number of halogens is 1. The molecule has 2 amide bonds. The molecule has 0 fully saturated rings. The van der Waals surface area contributed by atoms with E-state index in [2.05, 4.69) is 5.32 Å². The lowest BCUT2D eigenvalue weighted by Crippen LogP contribution is -2.39. The Morgan fingerprint density at radius 2 is 2.15 bits per heavy atom. The van der Waals surface area contributed by atoms with Crippen LogP contribution in [0, 0.1) is 0 Å². The second kappa shape index (κ2) is 7.87. The van der Waals surface area contributed by atoms with Crippen LogP contribution < -0.4 is 5.32 Å². The number of aliphatic hydroxyl groups is 1. The SMILES string of the molecule is CC(O)CCN(C)C(=O)CNC(=O)c1cccc(Cl)c1. The number of likely N-dealkylation sites (N-methyl/N-ethyl adjacent to an activating group) is 1. The molecule has 0 bridgehead atoms. The molecule has 0 aliphatic heterocycles. The van der Waals surface area contributed by atoms with Gasteiger partial charge in [0.25, 0.3) is 5.91 Å². The lowest BCUT2D eigenvalue weighted by Gasteiger charge is -2.18. The number of benzene rings is 1. The molecule has 110 valence electrons. The number of nitrogens with zero attached hydrogens (tertiary/aromatic N) is 1. The number of nitrogens with one attached hydrogen (secondary N) is 1. The van der Waals surface area contributed by atoms with Crippen molar-refractivity contribution < 1.29 is 14.7 Å². The molecule has 1 atom stereocenters. The molecule has 1 rings (SSSR count). The summed E-state index contributed by atoms with van der Waals surface area (Å²) in [6.45, 7) is 2.03. The quantitative estimate of drug-likeness (QED) is 0.832. The zero-order valence-electron chi connectivity index (χ0n) is 11.6. The standard InChI is InChI=1S/C14H19ClN2O3/c1-10(18)6-7-17(2)13(19)9-16-14(20)11-4-3-5-12(15)8-11/h3-5,8,10,18H,6-7,9H2,1-2H3,(H,16,20). The first-order valence-electron chi connectivity index (χ1n) is 6.36. The van der Waals surface area contributed by atoms with Gasteiger partial charge in [-0.15, -0.1) is 0 Å². The van der Waals surface area contributed by atoms with Crippen molar-refractivity contribution in [3.05, 3.63) is 34.9 Å². The van der Waals surface area contributed by atoms with E-state index < -0.39 is 6.10 Å². The molecule has 2 N–H and O–H groups in total. The van der Waals surface area contributed by atoms with E-state index in [1.807, 2.05) is 0 Å². The van der Waals surface area contributed by atoms with E-state index in [1.165, 1.54) is 4.90 Å². The van der Waals surface area contributed by atoms with Crippen LogP contribution >= 0.6 is 11.6 Å². The Bertz CT molecular complexity index is 477. The number of rotatable bonds is 6. The number of carbonyl (C=O) groups excluding carboxylic acids is 2. The molecule has 0 heterocycles. The highest BCUT2D eigenvalue weighted by Crippen LogP contribution is 2.10. The van der Waals surface area contributed by atoms with Crippen molar-refractivity contribution in [2.45, 2.75) is 19.4 Å². The Labute approximate surface area is 123 Å². The minimum Gasteiger partial charge on any atom is -0.393 e. The number of aliphatic hydroxyl groups excluding tert-OH is 1. The van der Waals surface area contributed by atoms with Gasteiger partial charge in [0.05, 0.1) is 12.6 Å². The fraction of sp³-hybridized carbons (Fsp3) is 0.429. The summed E-state index contributed by atoms with van der Waals surface area (Å²) in [7, 11) is 1.64. The molecular weight excluding hydrogens is 280 g/mol. The number of amides is 2. The number of hydrogen-bond donors (Lipinski definition) is 2. The second-order valence-electron chi connectivity index (χ2n) is 4.65. The van der Waals surface area contributed by atoms with Gasteiger partial charge in [0, 0.05) is 24.2 Å². The number of hydrogen-bond acceptors (Lipinski definition) is 3. The summed E-state index contributed by atoms with van der Waals surface area (Å²) in [5.41, 5.74) is 0.414. The van der Waals surface area contributed by atoms with Crippen LogP contribution in [0.15, 0.2) is 24.3 Å². The van der Waals surface area contributed by atoms with Gasteiger partial charge in [-0.25, -0.2) is 0 Å². The first-order chi connectivity index (χ1) is 9.40. The second-order valence-corrected chi connectivity index (χ2v) is 5.08. The fourth-order valence-corrected chi connectivity index (χ4v) is 1.72. The highest BCUT2D eigenvalue weighted by molar-refractivity contribution is 6.30. The zero-order chi connectivity index (χ0) is 15.1. The van der Waals surface area contributed by atoms with Gasteiger partial charge < -0.3 is 15.3 Å². The van der Waals surface area contributed by atoms with E-state index in [-0.39, 0.29) is 18.4 Å². The maximum Gasteiger partial charge on any atom is 0.251 e. The first-order valence-corrected chi connectivity index (χ1v) is 6.73. The molecule has 1 aromatic rings. The minimum absolute atomic E-state index is 0.0817. The molecule has 0 radical (unpaired) electrons. The van der Waals surface area contributed by atoms with E-state index >= 15 is 0 Å². The monoisotopic (exact) mass is 298 g/mol. The fourth-order valence-electron chi connectivity index (χ4n) is 1.53. The molecule has 0 spiro atoms.